The van der Waals surface area contributed by atoms with Crippen LogP contribution in [0, 0.1) is 0 Å². The zero-order valence-electron chi connectivity index (χ0n) is 20.3. The summed E-state index contributed by atoms with van der Waals surface area (Å²) in [6.07, 6.45) is 29.9. The van der Waals surface area contributed by atoms with Gasteiger partial charge in [0.15, 0.2) is 0 Å². The Morgan fingerprint density at radius 1 is 0.448 bits per heavy atom. The summed E-state index contributed by atoms with van der Waals surface area (Å²) in [5, 5.41) is 0. The number of rotatable bonds is 24. The Bertz CT molecular complexity index is 314. The van der Waals surface area contributed by atoms with Crippen molar-refractivity contribution in [1.29, 1.82) is 0 Å². The van der Waals surface area contributed by atoms with E-state index in [1.807, 2.05) is 0 Å². The van der Waals surface area contributed by atoms with E-state index in [4.69, 9.17) is 4.74 Å². The van der Waals surface area contributed by atoms with Crippen LogP contribution in [0.5, 0.6) is 0 Å². The van der Waals surface area contributed by atoms with Gasteiger partial charge in [-0.05, 0) is 12.8 Å². The first-order chi connectivity index (χ1) is 14.3. The first-order valence-corrected chi connectivity index (χ1v) is 13.5. The number of esters is 1. The third-order valence-corrected chi connectivity index (χ3v) is 6.00. The molecule has 0 aromatic rings. The minimum atomic E-state index is 0.0191. The monoisotopic (exact) mass is 410 g/mol. The summed E-state index contributed by atoms with van der Waals surface area (Å²) in [5.41, 5.74) is 0. The molecule has 2 nitrogen and oxygen atoms in total. The predicted octanol–water partition coefficient (Wildman–Crippen LogP) is 9.54. The van der Waals surface area contributed by atoms with E-state index in [1.54, 1.807) is 0 Å². The zero-order valence-corrected chi connectivity index (χ0v) is 20.3. The van der Waals surface area contributed by atoms with E-state index in [0.717, 1.165) is 12.8 Å². The van der Waals surface area contributed by atoms with Crippen molar-refractivity contribution >= 4 is 5.97 Å². The Labute approximate surface area is 184 Å². The highest BCUT2D eigenvalue weighted by Gasteiger charge is 2.02. The van der Waals surface area contributed by atoms with Gasteiger partial charge >= 0.3 is 5.97 Å². The molecule has 0 bridgehead atoms. The van der Waals surface area contributed by atoms with Gasteiger partial charge in [0.2, 0.25) is 0 Å². The second-order valence-corrected chi connectivity index (χ2v) is 9.04. The molecule has 0 aliphatic heterocycles. The van der Waals surface area contributed by atoms with Gasteiger partial charge in [0.25, 0.3) is 0 Å². The SMILES string of the molecule is CCCCCCCCCCCCCCCCOC(=O)CCCCCCCCCC. The van der Waals surface area contributed by atoms with E-state index >= 15 is 0 Å². The van der Waals surface area contributed by atoms with Crippen molar-refractivity contribution in [2.45, 2.75) is 162 Å². The number of hydrogen-bond donors (Lipinski definition) is 0. The van der Waals surface area contributed by atoms with Crippen LogP contribution in [0.2, 0.25) is 0 Å². The van der Waals surface area contributed by atoms with Crippen LogP contribution in [-0.2, 0) is 9.53 Å². The van der Waals surface area contributed by atoms with Crippen molar-refractivity contribution in [2.75, 3.05) is 6.61 Å². The second kappa shape index (κ2) is 25.5. The molecule has 0 radical (unpaired) electrons. The van der Waals surface area contributed by atoms with Gasteiger partial charge in [-0.25, -0.2) is 0 Å². The van der Waals surface area contributed by atoms with Gasteiger partial charge in [0, 0.05) is 6.42 Å². The Morgan fingerprint density at radius 2 is 0.759 bits per heavy atom. The summed E-state index contributed by atoms with van der Waals surface area (Å²) in [6, 6.07) is 0. The van der Waals surface area contributed by atoms with E-state index in [-0.39, 0.29) is 5.97 Å². The standard InChI is InChI=1S/C27H54O2/c1-3-5-7-9-11-13-14-15-16-17-18-20-22-24-26-29-27(28)25-23-21-19-12-10-8-6-4-2/h3-26H2,1-2H3. The summed E-state index contributed by atoms with van der Waals surface area (Å²) < 4.78 is 5.37. The molecule has 0 N–H and O–H groups in total. The predicted molar refractivity (Wildman–Crippen MR) is 128 cm³/mol. The molecule has 0 saturated carbocycles. The molecule has 0 heterocycles. The van der Waals surface area contributed by atoms with E-state index < -0.39 is 0 Å². The fourth-order valence-corrected chi connectivity index (χ4v) is 3.96. The first kappa shape index (κ1) is 28.5. The van der Waals surface area contributed by atoms with Crippen LogP contribution in [0.4, 0.5) is 0 Å². The quantitative estimate of drug-likeness (QED) is 0.117. The van der Waals surface area contributed by atoms with Crippen molar-refractivity contribution in [3.05, 3.63) is 0 Å². The Hall–Kier alpha value is -0.530. The van der Waals surface area contributed by atoms with E-state index in [1.165, 1.54) is 128 Å². The molecule has 2 heteroatoms. The summed E-state index contributed by atoms with van der Waals surface area (Å²) in [7, 11) is 0. The van der Waals surface area contributed by atoms with Crippen LogP contribution >= 0.6 is 0 Å². The maximum atomic E-state index is 11.7. The number of unbranched alkanes of at least 4 members (excludes halogenated alkanes) is 20. The second-order valence-electron chi connectivity index (χ2n) is 9.04. The molecule has 0 saturated heterocycles. The fourth-order valence-electron chi connectivity index (χ4n) is 3.96. The Morgan fingerprint density at radius 3 is 1.14 bits per heavy atom. The first-order valence-electron chi connectivity index (χ1n) is 13.5. The third-order valence-electron chi connectivity index (χ3n) is 6.00. The van der Waals surface area contributed by atoms with Gasteiger partial charge in [-0.1, -0.05) is 142 Å². The van der Waals surface area contributed by atoms with Gasteiger partial charge in [-0.15, -0.1) is 0 Å². The van der Waals surface area contributed by atoms with Crippen molar-refractivity contribution in [2.24, 2.45) is 0 Å². The van der Waals surface area contributed by atoms with Crippen molar-refractivity contribution in [3.8, 4) is 0 Å². The molecule has 0 fully saturated rings. The van der Waals surface area contributed by atoms with Crippen molar-refractivity contribution < 1.29 is 9.53 Å². The Balaban J connectivity index is 3.12. The van der Waals surface area contributed by atoms with Crippen LogP contribution in [0.25, 0.3) is 0 Å². The van der Waals surface area contributed by atoms with Gasteiger partial charge < -0.3 is 4.74 Å². The van der Waals surface area contributed by atoms with Crippen LogP contribution in [0.1, 0.15) is 162 Å². The average molecular weight is 411 g/mol. The lowest BCUT2D eigenvalue weighted by Crippen LogP contribution is -2.05. The highest BCUT2D eigenvalue weighted by molar-refractivity contribution is 5.69. The van der Waals surface area contributed by atoms with Crippen LogP contribution in [0.15, 0.2) is 0 Å². The molecule has 29 heavy (non-hydrogen) atoms. The molecule has 0 aliphatic rings. The number of ether oxygens (including phenoxy) is 1. The normalized spacial score (nSPS) is 11.1. The number of carbonyl (C=O) groups excluding carboxylic acids is 1. The summed E-state index contributed by atoms with van der Waals surface area (Å²) in [5.74, 6) is 0.0191. The maximum absolute atomic E-state index is 11.7. The maximum Gasteiger partial charge on any atom is 0.305 e. The molecule has 0 aromatic heterocycles. The molecule has 174 valence electrons. The largest absolute Gasteiger partial charge is 0.466 e. The van der Waals surface area contributed by atoms with E-state index in [9.17, 15) is 4.79 Å². The Kier molecular flexibility index (Phi) is 25.0. The van der Waals surface area contributed by atoms with Crippen LogP contribution in [-0.4, -0.2) is 12.6 Å². The van der Waals surface area contributed by atoms with Gasteiger partial charge in [0.1, 0.15) is 0 Å². The fraction of sp³-hybridized carbons (Fsp3) is 0.963. The molecule has 0 atom stereocenters. The molecule has 0 spiro atoms. The summed E-state index contributed by atoms with van der Waals surface area (Å²) in [6.45, 7) is 5.17. The highest BCUT2D eigenvalue weighted by atomic mass is 16.5. The molecule has 0 aliphatic carbocycles. The molecule has 0 aromatic carbocycles. The lowest BCUT2D eigenvalue weighted by atomic mass is 10.0. The molecule has 0 unspecified atom stereocenters. The van der Waals surface area contributed by atoms with Crippen LogP contribution < -0.4 is 0 Å². The topological polar surface area (TPSA) is 26.3 Å². The van der Waals surface area contributed by atoms with Crippen molar-refractivity contribution in [1.82, 2.24) is 0 Å². The van der Waals surface area contributed by atoms with E-state index in [0.29, 0.717) is 13.0 Å². The third kappa shape index (κ3) is 25.4. The molecular weight excluding hydrogens is 356 g/mol. The van der Waals surface area contributed by atoms with E-state index in [2.05, 4.69) is 13.8 Å². The average Bonchev–Trinajstić information content (AvgIpc) is 2.72. The molecular formula is C27H54O2. The smallest absolute Gasteiger partial charge is 0.305 e. The van der Waals surface area contributed by atoms with Crippen LogP contribution in [0.3, 0.4) is 0 Å². The number of hydrogen-bond acceptors (Lipinski definition) is 2. The minimum Gasteiger partial charge on any atom is -0.466 e. The van der Waals surface area contributed by atoms with Gasteiger partial charge in [-0.2, -0.15) is 0 Å². The lowest BCUT2D eigenvalue weighted by Gasteiger charge is -2.05. The summed E-state index contributed by atoms with van der Waals surface area (Å²) in [4.78, 5) is 11.7. The highest BCUT2D eigenvalue weighted by Crippen LogP contribution is 2.13. The zero-order chi connectivity index (χ0) is 21.3. The molecule has 0 amide bonds. The number of carbonyl (C=O) groups is 1. The van der Waals surface area contributed by atoms with Gasteiger partial charge in [0.05, 0.1) is 6.61 Å². The minimum absolute atomic E-state index is 0.0191. The van der Waals surface area contributed by atoms with Gasteiger partial charge in [-0.3, -0.25) is 4.79 Å². The summed E-state index contributed by atoms with van der Waals surface area (Å²) >= 11 is 0. The molecule has 0 rings (SSSR count). The lowest BCUT2D eigenvalue weighted by molar-refractivity contribution is -0.143. The van der Waals surface area contributed by atoms with Crippen molar-refractivity contribution in [3.63, 3.8) is 0 Å².